The molecule has 108 valence electrons. The van der Waals surface area contributed by atoms with E-state index in [-0.39, 0.29) is 6.10 Å². The van der Waals surface area contributed by atoms with Gasteiger partial charge in [-0.1, -0.05) is 34.2 Å². The molecular weight excluding hydrogens is 338 g/mol. The number of hydrogen-bond donors (Lipinski definition) is 1. The zero-order valence-electron chi connectivity index (χ0n) is 11.4. The number of rotatable bonds is 4. The molecule has 1 unspecified atom stereocenters. The Kier molecular flexibility index (Phi) is 4.55. The second-order valence-electron chi connectivity index (χ2n) is 4.90. The van der Waals surface area contributed by atoms with Crippen molar-refractivity contribution in [2.24, 2.45) is 0 Å². The highest BCUT2D eigenvalue weighted by Crippen LogP contribution is 2.28. The fourth-order valence-corrected chi connectivity index (χ4v) is 3.57. The molecule has 1 aliphatic rings. The molecule has 20 heavy (non-hydrogen) atoms. The molecule has 4 nitrogen and oxygen atoms in total. The van der Waals surface area contributed by atoms with E-state index in [2.05, 4.69) is 44.1 Å². The van der Waals surface area contributed by atoms with E-state index < -0.39 is 0 Å². The molecule has 1 saturated heterocycles. The van der Waals surface area contributed by atoms with E-state index in [9.17, 15) is 0 Å². The van der Waals surface area contributed by atoms with E-state index in [4.69, 9.17) is 4.74 Å². The molecule has 6 heteroatoms. The van der Waals surface area contributed by atoms with Gasteiger partial charge in [0.25, 0.3) is 0 Å². The number of aromatic nitrogens is 1. The Labute approximate surface area is 131 Å². The Morgan fingerprint density at radius 1 is 1.55 bits per heavy atom. The summed E-state index contributed by atoms with van der Waals surface area (Å²) in [6, 6.07) is 6.19. The van der Waals surface area contributed by atoms with Gasteiger partial charge in [0.1, 0.15) is 0 Å². The number of nitrogens with zero attached hydrogens (tertiary/aromatic N) is 2. The predicted octanol–water partition coefficient (Wildman–Crippen LogP) is 3.19. The average Bonchev–Trinajstić information content (AvgIpc) is 2.87. The monoisotopic (exact) mass is 355 g/mol. The first-order chi connectivity index (χ1) is 9.74. The van der Waals surface area contributed by atoms with E-state index in [0.717, 1.165) is 47.9 Å². The molecule has 0 bridgehead atoms. The quantitative estimate of drug-likeness (QED) is 0.913. The third kappa shape index (κ3) is 3.31. The molecule has 1 N–H and O–H groups in total. The standard InChI is InChI=1S/C14H18BrN3OS/c1-2-18-5-6-19-11(9-18)8-16-14-17-12-7-10(15)3-4-13(12)20-14/h3-4,7,11H,2,5-6,8-9H2,1H3,(H,16,17). The lowest BCUT2D eigenvalue weighted by Crippen LogP contribution is -2.45. The molecule has 1 aromatic carbocycles. The molecule has 3 rings (SSSR count). The molecule has 2 aromatic rings. The summed E-state index contributed by atoms with van der Waals surface area (Å²) in [6.07, 6.45) is 0.252. The summed E-state index contributed by atoms with van der Waals surface area (Å²) in [5, 5.41) is 4.38. The number of thiazole rings is 1. The van der Waals surface area contributed by atoms with E-state index in [1.807, 2.05) is 12.1 Å². The number of fused-ring (bicyclic) bond motifs is 1. The summed E-state index contributed by atoms with van der Waals surface area (Å²) in [4.78, 5) is 7.03. The summed E-state index contributed by atoms with van der Waals surface area (Å²) >= 11 is 5.17. The fraction of sp³-hybridized carbons (Fsp3) is 0.500. The highest BCUT2D eigenvalue weighted by Gasteiger charge is 2.19. The van der Waals surface area contributed by atoms with E-state index >= 15 is 0 Å². The molecule has 2 heterocycles. The van der Waals surface area contributed by atoms with Crippen LogP contribution in [0.15, 0.2) is 22.7 Å². The Morgan fingerprint density at radius 3 is 3.30 bits per heavy atom. The lowest BCUT2D eigenvalue weighted by molar-refractivity contribution is -0.0191. The number of benzene rings is 1. The second-order valence-corrected chi connectivity index (χ2v) is 6.84. The van der Waals surface area contributed by atoms with Crippen LogP contribution in [0.25, 0.3) is 10.2 Å². The molecule has 0 saturated carbocycles. The van der Waals surface area contributed by atoms with Crippen LogP contribution in [0.3, 0.4) is 0 Å². The Hall–Kier alpha value is -0.690. The molecule has 1 aromatic heterocycles. The van der Waals surface area contributed by atoms with Crippen molar-refractivity contribution in [2.45, 2.75) is 13.0 Å². The van der Waals surface area contributed by atoms with Crippen LogP contribution in [0.1, 0.15) is 6.92 Å². The van der Waals surface area contributed by atoms with E-state index in [1.54, 1.807) is 11.3 Å². The summed E-state index contributed by atoms with van der Waals surface area (Å²) in [5.41, 5.74) is 1.03. The minimum Gasteiger partial charge on any atom is -0.374 e. The minimum absolute atomic E-state index is 0.252. The van der Waals surface area contributed by atoms with Gasteiger partial charge in [0.05, 0.1) is 22.9 Å². The molecule has 1 aliphatic heterocycles. The fourth-order valence-electron chi connectivity index (χ4n) is 2.37. The zero-order valence-corrected chi connectivity index (χ0v) is 13.8. The molecule has 0 aliphatic carbocycles. The minimum atomic E-state index is 0.252. The molecule has 1 fully saturated rings. The van der Waals surface area contributed by atoms with Crippen LogP contribution in [0, 0.1) is 0 Å². The Bertz CT molecular complexity index is 589. The van der Waals surface area contributed by atoms with Crippen molar-refractivity contribution in [1.29, 1.82) is 0 Å². The van der Waals surface area contributed by atoms with Gasteiger partial charge in [-0.15, -0.1) is 0 Å². The van der Waals surface area contributed by atoms with Gasteiger partial charge in [-0.2, -0.15) is 0 Å². The first kappa shape index (κ1) is 14.3. The van der Waals surface area contributed by atoms with Gasteiger partial charge in [0.15, 0.2) is 5.13 Å². The number of anilines is 1. The first-order valence-electron chi connectivity index (χ1n) is 6.88. The SMILES string of the molecule is CCN1CCOC(CNc2nc3cc(Br)ccc3s2)C1. The van der Waals surface area contributed by atoms with Crippen molar-refractivity contribution in [1.82, 2.24) is 9.88 Å². The van der Waals surface area contributed by atoms with Crippen LogP contribution >= 0.6 is 27.3 Å². The highest BCUT2D eigenvalue weighted by molar-refractivity contribution is 9.10. The second kappa shape index (κ2) is 6.39. The van der Waals surface area contributed by atoms with Gasteiger partial charge in [-0.3, -0.25) is 4.90 Å². The smallest absolute Gasteiger partial charge is 0.183 e. The summed E-state index contributed by atoms with van der Waals surface area (Å²) in [5.74, 6) is 0. The lowest BCUT2D eigenvalue weighted by Gasteiger charge is -2.32. The number of nitrogens with one attached hydrogen (secondary N) is 1. The zero-order chi connectivity index (χ0) is 13.9. The number of halogens is 1. The van der Waals surface area contributed by atoms with Gasteiger partial charge >= 0.3 is 0 Å². The van der Waals surface area contributed by atoms with Crippen LogP contribution < -0.4 is 5.32 Å². The van der Waals surface area contributed by atoms with Gasteiger partial charge in [0.2, 0.25) is 0 Å². The van der Waals surface area contributed by atoms with Crippen molar-refractivity contribution >= 4 is 42.6 Å². The third-order valence-electron chi connectivity index (χ3n) is 3.50. The van der Waals surface area contributed by atoms with Crippen molar-refractivity contribution in [3.63, 3.8) is 0 Å². The summed E-state index contributed by atoms with van der Waals surface area (Å²) < 4.78 is 8.06. The molecule has 0 radical (unpaired) electrons. The van der Waals surface area contributed by atoms with Crippen LogP contribution in [0.4, 0.5) is 5.13 Å². The van der Waals surface area contributed by atoms with Gasteiger partial charge < -0.3 is 10.1 Å². The Morgan fingerprint density at radius 2 is 2.45 bits per heavy atom. The number of likely N-dealkylation sites (N-methyl/N-ethyl adjacent to an activating group) is 1. The third-order valence-corrected chi connectivity index (χ3v) is 4.99. The largest absolute Gasteiger partial charge is 0.374 e. The van der Waals surface area contributed by atoms with Crippen LogP contribution in [0.2, 0.25) is 0 Å². The normalized spacial score (nSPS) is 20.4. The maximum atomic E-state index is 5.79. The summed E-state index contributed by atoms with van der Waals surface area (Å²) in [7, 11) is 0. The van der Waals surface area contributed by atoms with Crippen molar-refractivity contribution in [2.75, 3.05) is 38.1 Å². The first-order valence-corrected chi connectivity index (χ1v) is 8.49. The van der Waals surface area contributed by atoms with Crippen LogP contribution in [-0.4, -0.2) is 48.8 Å². The number of ether oxygens (including phenoxy) is 1. The average molecular weight is 356 g/mol. The van der Waals surface area contributed by atoms with Crippen LogP contribution in [0.5, 0.6) is 0 Å². The highest BCUT2D eigenvalue weighted by atomic mass is 79.9. The molecule has 1 atom stereocenters. The van der Waals surface area contributed by atoms with Crippen molar-refractivity contribution in [3.8, 4) is 0 Å². The van der Waals surface area contributed by atoms with E-state index in [0.29, 0.717) is 0 Å². The van der Waals surface area contributed by atoms with Crippen LogP contribution in [-0.2, 0) is 4.74 Å². The molecule has 0 amide bonds. The van der Waals surface area contributed by atoms with E-state index in [1.165, 1.54) is 4.70 Å². The lowest BCUT2D eigenvalue weighted by atomic mass is 10.2. The maximum Gasteiger partial charge on any atom is 0.183 e. The molecular formula is C14H18BrN3OS. The predicted molar refractivity (Wildman–Crippen MR) is 87.7 cm³/mol. The number of morpholine rings is 1. The van der Waals surface area contributed by atoms with Gasteiger partial charge in [-0.25, -0.2) is 4.98 Å². The Balaban J connectivity index is 1.62. The van der Waals surface area contributed by atoms with Crippen molar-refractivity contribution in [3.05, 3.63) is 22.7 Å². The van der Waals surface area contributed by atoms with Gasteiger partial charge in [-0.05, 0) is 24.7 Å². The van der Waals surface area contributed by atoms with Gasteiger partial charge in [0, 0.05) is 24.1 Å². The maximum absolute atomic E-state index is 5.79. The topological polar surface area (TPSA) is 37.4 Å². The molecule has 0 spiro atoms. The van der Waals surface area contributed by atoms with Crippen molar-refractivity contribution < 1.29 is 4.74 Å². The summed E-state index contributed by atoms with van der Waals surface area (Å²) in [6.45, 7) is 6.98. The number of hydrogen-bond acceptors (Lipinski definition) is 5.